The lowest BCUT2D eigenvalue weighted by atomic mass is 9.44. The number of aliphatic hydroxyl groups excluding tert-OH is 17. The molecule has 4 saturated carbocycles. The van der Waals surface area contributed by atoms with Crippen molar-refractivity contribution in [1.29, 1.82) is 0 Å². The van der Waals surface area contributed by atoms with Crippen molar-refractivity contribution < 1.29 is 148 Å². The van der Waals surface area contributed by atoms with Crippen LogP contribution in [0.15, 0.2) is 11.3 Å². The van der Waals surface area contributed by atoms with Crippen LogP contribution in [0.2, 0.25) is 0 Å². The number of aliphatic hydroxyl groups is 17. The molecule has 0 amide bonds. The Bertz CT molecular complexity index is 2420. The monoisotopic (exact) mass is 1310 g/mol. The van der Waals surface area contributed by atoms with E-state index in [1.165, 1.54) is 12.5 Å². The van der Waals surface area contributed by atoms with Crippen LogP contribution in [0, 0.1) is 46.3 Å². The van der Waals surface area contributed by atoms with Crippen molar-refractivity contribution in [2.24, 2.45) is 46.3 Å². The SMILES string of the molecule is CC1=C(CCC(C)COC2OC(CO)C(O)C(O)C2O)OC2CC3C4CCC5CC(OC6OC(CO)C(OC7OC(CO)C(O)C(OC8OCC(O)C(O)C8O)C7OC7OCC(O)C(O)C7O)C(O)C6OC6OC(C)C(O)C(O)C6O)CCC5(C)C4CCC3(C)C12. The van der Waals surface area contributed by atoms with Gasteiger partial charge in [-0.15, -0.1) is 0 Å². The molecular weight excluding hydrogens is 1210 g/mol. The molecule has 30 nitrogen and oxygen atoms in total. The number of hydrogen-bond acceptors (Lipinski definition) is 30. The molecule has 30 heteroatoms. The summed E-state index contributed by atoms with van der Waals surface area (Å²) in [5, 5.41) is 183. The van der Waals surface area contributed by atoms with Crippen molar-refractivity contribution in [3.63, 3.8) is 0 Å². The second-order valence-corrected chi connectivity index (χ2v) is 28.4. The molecule has 6 saturated heterocycles. The average Bonchev–Trinajstić information content (AvgIpc) is 1.60. The highest BCUT2D eigenvalue weighted by atomic mass is 16.8. The molecule has 0 aromatic rings. The van der Waals surface area contributed by atoms with Gasteiger partial charge in [-0.1, -0.05) is 20.8 Å². The van der Waals surface area contributed by atoms with Gasteiger partial charge in [0, 0.05) is 12.3 Å². The van der Waals surface area contributed by atoms with E-state index in [1.54, 1.807) is 0 Å². The zero-order valence-corrected chi connectivity index (χ0v) is 52.0. The number of allylic oxidation sites excluding steroid dienone is 1. The fraction of sp³-hybridized carbons (Fsp3) is 0.967. The van der Waals surface area contributed by atoms with E-state index in [-0.39, 0.29) is 41.3 Å². The summed E-state index contributed by atoms with van der Waals surface area (Å²) in [5.74, 6) is 2.85. The molecule has 0 spiro atoms. The van der Waals surface area contributed by atoms with Gasteiger partial charge in [-0.2, -0.15) is 0 Å². The van der Waals surface area contributed by atoms with Crippen LogP contribution in [-0.2, 0) is 61.6 Å². The molecule has 11 rings (SSSR count). The Kier molecular flexibility index (Phi) is 22.3. The van der Waals surface area contributed by atoms with Crippen LogP contribution < -0.4 is 0 Å². The van der Waals surface area contributed by atoms with E-state index in [0.717, 1.165) is 50.7 Å². The molecule has 7 heterocycles. The second kappa shape index (κ2) is 28.7. The summed E-state index contributed by atoms with van der Waals surface area (Å²) in [6.07, 6.45) is -38.6. The van der Waals surface area contributed by atoms with Crippen LogP contribution >= 0.6 is 0 Å². The van der Waals surface area contributed by atoms with Crippen molar-refractivity contribution >= 4 is 0 Å². The van der Waals surface area contributed by atoms with Gasteiger partial charge in [-0.3, -0.25) is 0 Å². The first-order chi connectivity index (χ1) is 43.2. The van der Waals surface area contributed by atoms with E-state index in [1.807, 2.05) is 6.92 Å². The Morgan fingerprint density at radius 2 is 1.04 bits per heavy atom. The largest absolute Gasteiger partial charge is 0.494 e. The van der Waals surface area contributed by atoms with Gasteiger partial charge in [0.05, 0.1) is 57.6 Å². The summed E-state index contributed by atoms with van der Waals surface area (Å²) in [5.41, 5.74) is 1.26. The summed E-state index contributed by atoms with van der Waals surface area (Å²) >= 11 is 0. The molecule has 0 aromatic carbocycles. The van der Waals surface area contributed by atoms with Gasteiger partial charge >= 0.3 is 0 Å². The molecule has 4 aliphatic carbocycles. The third-order valence-electron chi connectivity index (χ3n) is 22.9. The molecule has 38 unspecified atom stereocenters. The zero-order valence-electron chi connectivity index (χ0n) is 52.0. The summed E-state index contributed by atoms with van der Waals surface area (Å²) in [4.78, 5) is 0. The second-order valence-electron chi connectivity index (χ2n) is 28.4. The molecule has 10 fully saturated rings. The molecule has 91 heavy (non-hydrogen) atoms. The molecule has 0 aromatic heterocycles. The van der Waals surface area contributed by atoms with Gasteiger partial charge in [0.15, 0.2) is 37.7 Å². The highest BCUT2D eigenvalue weighted by Crippen LogP contribution is 2.70. The smallest absolute Gasteiger partial charge is 0.187 e. The Morgan fingerprint density at radius 1 is 0.495 bits per heavy atom. The van der Waals surface area contributed by atoms with E-state index in [4.69, 9.17) is 61.6 Å². The van der Waals surface area contributed by atoms with E-state index in [2.05, 4.69) is 20.8 Å². The standard InChI is InChI=1S/C61H100O30/c1-22(19-79-54-47(76)44(73)41(70)34(16-62)85-54)6-9-32-23(2)37-33(84-32)15-29-27-8-7-25-14-26(10-12-60(25,4)28(27)11-13-61(29,37)5)83-58-52(90-57-48(77)43(72)38(67)24(3)82-57)49(78)50(36(18-64)87-58)88-59-53(91-56-46(75)40(69)31(66)21-81-56)51(42(71)35(17-63)86-59)89-55-45(74)39(68)30(65)20-80-55/h22,24-31,33-59,62-78H,6-21H2,1-5H3. The number of ether oxygens (including phenoxy) is 13. The van der Waals surface area contributed by atoms with Crippen molar-refractivity contribution in [3.05, 3.63) is 11.3 Å². The number of rotatable bonds is 19. The van der Waals surface area contributed by atoms with Gasteiger partial charge in [-0.05, 0) is 118 Å². The third-order valence-corrected chi connectivity index (χ3v) is 22.9. The zero-order chi connectivity index (χ0) is 65.4. The molecule has 7 aliphatic heterocycles. The summed E-state index contributed by atoms with van der Waals surface area (Å²) in [6, 6.07) is 0. The first-order valence-corrected chi connectivity index (χ1v) is 32.7. The maximum Gasteiger partial charge on any atom is 0.187 e. The lowest BCUT2D eigenvalue weighted by Crippen LogP contribution is -2.68. The van der Waals surface area contributed by atoms with Gasteiger partial charge < -0.3 is 148 Å². The summed E-state index contributed by atoms with van der Waals surface area (Å²) in [6.45, 7) is 7.32. The fourth-order valence-corrected chi connectivity index (χ4v) is 17.5. The van der Waals surface area contributed by atoms with Gasteiger partial charge in [-0.25, -0.2) is 0 Å². The predicted octanol–water partition coefficient (Wildman–Crippen LogP) is -5.05. The molecule has 38 atom stereocenters. The maximum atomic E-state index is 12.7. The maximum absolute atomic E-state index is 12.7. The Hall–Kier alpha value is -1.62. The summed E-state index contributed by atoms with van der Waals surface area (Å²) in [7, 11) is 0. The summed E-state index contributed by atoms with van der Waals surface area (Å²) < 4.78 is 79.5. The lowest BCUT2D eigenvalue weighted by Gasteiger charge is -2.61. The highest BCUT2D eigenvalue weighted by Gasteiger charge is 2.66. The van der Waals surface area contributed by atoms with Gasteiger partial charge in [0.25, 0.3) is 0 Å². The molecular formula is C61H100O30. The third kappa shape index (κ3) is 13.5. The molecule has 524 valence electrons. The Labute approximate surface area is 527 Å². The minimum Gasteiger partial charge on any atom is -0.494 e. The number of hydrogen-bond donors (Lipinski definition) is 17. The highest BCUT2D eigenvalue weighted by molar-refractivity contribution is 5.27. The fourth-order valence-electron chi connectivity index (χ4n) is 17.5. The van der Waals surface area contributed by atoms with Crippen molar-refractivity contribution in [2.45, 2.75) is 283 Å². The minimum absolute atomic E-state index is 0.0253. The molecule has 17 N–H and O–H groups in total. The van der Waals surface area contributed by atoms with Crippen LogP contribution in [0.4, 0.5) is 0 Å². The van der Waals surface area contributed by atoms with Crippen LogP contribution in [-0.4, -0.2) is 311 Å². The minimum atomic E-state index is -1.96. The van der Waals surface area contributed by atoms with Crippen molar-refractivity contribution in [3.8, 4) is 0 Å². The van der Waals surface area contributed by atoms with Crippen LogP contribution in [0.25, 0.3) is 0 Å². The Morgan fingerprint density at radius 3 is 1.70 bits per heavy atom. The van der Waals surface area contributed by atoms with Crippen LogP contribution in [0.5, 0.6) is 0 Å². The van der Waals surface area contributed by atoms with E-state index in [9.17, 15) is 86.8 Å². The average molecular weight is 1310 g/mol. The van der Waals surface area contributed by atoms with E-state index >= 15 is 0 Å². The first-order valence-electron chi connectivity index (χ1n) is 32.7. The Balaban J connectivity index is 0.776. The first kappa shape index (κ1) is 70.7. The van der Waals surface area contributed by atoms with E-state index in [0.29, 0.717) is 37.0 Å². The van der Waals surface area contributed by atoms with Gasteiger partial charge in [0.2, 0.25) is 0 Å². The molecule has 11 aliphatic rings. The van der Waals surface area contributed by atoms with Crippen molar-refractivity contribution in [2.75, 3.05) is 39.6 Å². The molecule has 0 bridgehead atoms. The normalized spacial score (nSPS) is 53.8. The molecule has 0 radical (unpaired) electrons. The van der Waals surface area contributed by atoms with Crippen LogP contribution in [0.3, 0.4) is 0 Å². The quantitative estimate of drug-likeness (QED) is 0.0538. The lowest BCUT2D eigenvalue weighted by molar-refractivity contribution is -0.408. The number of fused-ring (bicyclic) bond motifs is 7. The van der Waals surface area contributed by atoms with Gasteiger partial charge in [0.1, 0.15) is 134 Å². The predicted molar refractivity (Wildman–Crippen MR) is 302 cm³/mol. The van der Waals surface area contributed by atoms with Crippen molar-refractivity contribution in [1.82, 2.24) is 0 Å². The van der Waals surface area contributed by atoms with E-state index < -0.39 is 211 Å². The van der Waals surface area contributed by atoms with Crippen LogP contribution in [0.1, 0.15) is 98.8 Å². The topological polar surface area (TPSA) is 464 Å².